The van der Waals surface area contributed by atoms with Crippen molar-refractivity contribution in [3.63, 3.8) is 0 Å². The molecule has 8 heteroatoms. The molecule has 1 aromatic heterocycles. The normalized spacial score (nSPS) is 16.0. The van der Waals surface area contributed by atoms with Crippen molar-refractivity contribution < 1.29 is 17.7 Å². The number of carbonyl (C=O) groups excluding carboxylic acids is 1. The highest BCUT2D eigenvalue weighted by Crippen LogP contribution is 2.25. The van der Waals surface area contributed by atoms with Gasteiger partial charge < -0.3 is 4.52 Å². The predicted molar refractivity (Wildman–Crippen MR) is 97.6 cm³/mol. The molecule has 1 aliphatic rings. The van der Waals surface area contributed by atoms with Crippen LogP contribution in [0.5, 0.6) is 0 Å². The van der Waals surface area contributed by atoms with Gasteiger partial charge in [-0.1, -0.05) is 32.0 Å². The Morgan fingerprint density at radius 2 is 1.88 bits per heavy atom. The molecule has 1 saturated heterocycles. The molecule has 0 spiro atoms. The Morgan fingerprint density at radius 3 is 2.50 bits per heavy atom. The van der Waals surface area contributed by atoms with Gasteiger partial charge >= 0.3 is 0 Å². The second-order valence-corrected chi connectivity index (χ2v) is 9.36. The van der Waals surface area contributed by atoms with Gasteiger partial charge in [0.15, 0.2) is 0 Å². The Morgan fingerprint density at radius 1 is 1.19 bits per heavy atom. The molecule has 0 unspecified atom stereocenters. The highest BCUT2D eigenvalue weighted by Gasteiger charge is 2.28. The van der Waals surface area contributed by atoms with E-state index in [4.69, 9.17) is 4.52 Å². The first-order valence-corrected chi connectivity index (χ1v) is 10.0. The third-order valence-corrected chi connectivity index (χ3v) is 6.21. The maximum Gasteiger partial charge on any atom is 0.258 e. The van der Waals surface area contributed by atoms with E-state index in [0.29, 0.717) is 13.1 Å². The van der Waals surface area contributed by atoms with Crippen molar-refractivity contribution >= 4 is 21.8 Å². The lowest BCUT2D eigenvalue weighted by Crippen LogP contribution is -2.28. The minimum atomic E-state index is -3.57. The highest BCUT2D eigenvalue weighted by molar-refractivity contribution is 7.89. The van der Waals surface area contributed by atoms with Crippen LogP contribution in [0.3, 0.4) is 0 Å². The van der Waals surface area contributed by atoms with Crippen molar-refractivity contribution in [1.82, 2.24) is 9.46 Å². The summed E-state index contributed by atoms with van der Waals surface area (Å²) < 4.78 is 31.9. The number of hydrogen-bond acceptors (Lipinski definition) is 5. The van der Waals surface area contributed by atoms with Crippen LogP contribution in [0.1, 0.15) is 49.7 Å². The van der Waals surface area contributed by atoms with Crippen LogP contribution in [0.4, 0.5) is 5.88 Å². The molecule has 1 aromatic carbocycles. The van der Waals surface area contributed by atoms with E-state index >= 15 is 0 Å². The van der Waals surface area contributed by atoms with Gasteiger partial charge in [0.2, 0.25) is 15.9 Å². The van der Waals surface area contributed by atoms with Crippen molar-refractivity contribution in [2.45, 2.75) is 43.9 Å². The number of nitrogens with one attached hydrogen (secondary N) is 1. The Balaban J connectivity index is 1.79. The molecule has 1 aliphatic heterocycles. The fourth-order valence-electron chi connectivity index (χ4n) is 2.75. The van der Waals surface area contributed by atoms with Gasteiger partial charge in [-0.25, -0.2) is 8.42 Å². The third-order valence-electron chi connectivity index (χ3n) is 4.31. The summed E-state index contributed by atoms with van der Waals surface area (Å²) in [6.07, 6.45) is 1.72. The van der Waals surface area contributed by atoms with E-state index in [1.54, 1.807) is 18.2 Å². The SMILES string of the molecule is CC(C)(C)c1cc(NC(=O)c2cccc(S(=O)(=O)N3CCCC3)c2)on1. The first-order valence-electron chi connectivity index (χ1n) is 8.57. The van der Waals surface area contributed by atoms with E-state index in [2.05, 4.69) is 10.5 Å². The lowest BCUT2D eigenvalue weighted by atomic mass is 9.92. The van der Waals surface area contributed by atoms with Crippen LogP contribution in [0.2, 0.25) is 0 Å². The Labute approximate surface area is 153 Å². The van der Waals surface area contributed by atoms with E-state index in [0.717, 1.165) is 18.5 Å². The lowest BCUT2D eigenvalue weighted by molar-refractivity contribution is 0.102. The van der Waals surface area contributed by atoms with Gasteiger partial charge in [-0.05, 0) is 31.0 Å². The maximum absolute atomic E-state index is 12.6. The predicted octanol–water partition coefficient (Wildman–Crippen LogP) is 3.01. The molecule has 1 N–H and O–H groups in total. The molecule has 7 nitrogen and oxygen atoms in total. The number of rotatable bonds is 4. The smallest absolute Gasteiger partial charge is 0.258 e. The topological polar surface area (TPSA) is 92.5 Å². The third kappa shape index (κ3) is 3.81. The zero-order valence-corrected chi connectivity index (χ0v) is 16.0. The van der Waals surface area contributed by atoms with Gasteiger partial charge in [0.1, 0.15) is 0 Å². The molecule has 0 atom stereocenters. The second-order valence-electron chi connectivity index (χ2n) is 7.42. The molecular weight excluding hydrogens is 354 g/mol. The van der Waals surface area contributed by atoms with Gasteiger partial charge in [-0.15, -0.1) is 0 Å². The Kier molecular flexibility index (Phi) is 4.90. The Bertz CT molecular complexity index is 907. The summed E-state index contributed by atoms with van der Waals surface area (Å²) >= 11 is 0. The number of carbonyl (C=O) groups is 1. The van der Waals surface area contributed by atoms with Crippen LogP contribution in [0.25, 0.3) is 0 Å². The van der Waals surface area contributed by atoms with Crippen LogP contribution in [-0.4, -0.2) is 36.9 Å². The standard InChI is InChI=1S/C18H23N3O4S/c1-18(2,3)15-12-16(25-20-15)19-17(22)13-7-6-8-14(11-13)26(23,24)21-9-4-5-10-21/h6-8,11-12H,4-5,9-10H2,1-3H3,(H,19,22). The molecule has 1 amide bonds. The molecule has 3 rings (SSSR count). The molecule has 1 fully saturated rings. The fraction of sp³-hybridized carbons (Fsp3) is 0.444. The quantitative estimate of drug-likeness (QED) is 0.884. The molecule has 0 bridgehead atoms. The zero-order valence-electron chi connectivity index (χ0n) is 15.2. The minimum Gasteiger partial charge on any atom is -0.338 e. The van der Waals surface area contributed by atoms with E-state index in [-0.39, 0.29) is 21.8 Å². The van der Waals surface area contributed by atoms with Crippen LogP contribution in [0, 0.1) is 0 Å². The molecule has 2 aromatic rings. The van der Waals surface area contributed by atoms with E-state index in [9.17, 15) is 13.2 Å². The largest absolute Gasteiger partial charge is 0.338 e. The summed E-state index contributed by atoms with van der Waals surface area (Å²) in [5.74, 6) is -0.215. The number of anilines is 1. The molecule has 2 heterocycles. The second kappa shape index (κ2) is 6.85. The molecule has 0 aliphatic carbocycles. The summed E-state index contributed by atoms with van der Waals surface area (Å²) in [6.45, 7) is 7.01. The average Bonchev–Trinajstić information content (AvgIpc) is 3.26. The van der Waals surface area contributed by atoms with Gasteiger partial charge in [-0.2, -0.15) is 4.31 Å². The monoisotopic (exact) mass is 377 g/mol. The lowest BCUT2D eigenvalue weighted by Gasteiger charge is -2.15. The van der Waals surface area contributed by atoms with Crippen molar-refractivity contribution in [3.8, 4) is 0 Å². The average molecular weight is 377 g/mol. The number of nitrogens with zero attached hydrogens (tertiary/aromatic N) is 2. The molecule has 26 heavy (non-hydrogen) atoms. The highest BCUT2D eigenvalue weighted by atomic mass is 32.2. The number of amides is 1. The first kappa shape index (κ1) is 18.6. The van der Waals surface area contributed by atoms with Crippen LogP contribution in [-0.2, 0) is 15.4 Å². The van der Waals surface area contributed by atoms with Gasteiger partial charge in [-0.3, -0.25) is 10.1 Å². The van der Waals surface area contributed by atoms with Crippen LogP contribution in [0.15, 0.2) is 39.8 Å². The summed E-state index contributed by atoms with van der Waals surface area (Å²) in [6, 6.07) is 7.71. The molecular formula is C18H23N3O4S. The van der Waals surface area contributed by atoms with Crippen molar-refractivity contribution in [1.29, 1.82) is 0 Å². The number of sulfonamides is 1. The van der Waals surface area contributed by atoms with Crippen molar-refractivity contribution in [2.75, 3.05) is 18.4 Å². The maximum atomic E-state index is 12.6. The first-order chi connectivity index (χ1) is 12.2. The van der Waals surface area contributed by atoms with E-state index in [1.807, 2.05) is 20.8 Å². The number of hydrogen-bond donors (Lipinski definition) is 1. The zero-order chi connectivity index (χ0) is 18.9. The minimum absolute atomic E-state index is 0.125. The summed E-state index contributed by atoms with van der Waals surface area (Å²) in [4.78, 5) is 12.6. The Hall–Kier alpha value is -2.19. The van der Waals surface area contributed by atoms with Gasteiger partial charge in [0.25, 0.3) is 5.91 Å². The summed E-state index contributed by atoms with van der Waals surface area (Å²) in [5, 5.41) is 6.57. The number of benzene rings is 1. The van der Waals surface area contributed by atoms with Crippen LogP contribution < -0.4 is 5.32 Å². The molecule has 140 valence electrons. The number of aromatic nitrogens is 1. The van der Waals surface area contributed by atoms with Gasteiger partial charge in [0, 0.05) is 30.1 Å². The van der Waals surface area contributed by atoms with Gasteiger partial charge in [0.05, 0.1) is 10.6 Å². The summed E-state index contributed by atoms with van der Waals surface area (Å²) in [7, 11) is -3.57. The fourth-order valence-corrected chi connectivity index (χ4v) is 4.31. The van der Waals surface area contributed by atoms with Crippen molar-refractivity contribution in [2.24, 2.45) is 0 Å². The van der Waals surface area contributed by atoms with E-state index < -0.39 is 15.9 Å². The molecule has 0 saturated carbocycles. The van der Waals surface area contributed by atoms with Crippen molar-refractivity contribution in [3.05, 3.63) is 41.6 Å². The summed E-state index contributed by atoms with van der Waals surface area (Å²) in [5.41, 5.74) is 0.771. The van der Waals surface area contributed by atoms with Crippen LogP contribution >= 0.6 is 0 Å². The van der Waals surface area contributed by atoms with E-state index in [1.165, 1.54) is 16.4 Å². The molecule has 0 radical (unpaired) electrons.